The summed E-state index contributed by atoms with van der Waals surface area (Å²) in [4.78, 5) is 22.4. The van der Waals surface area contributed by atoms with Gasteiger partial charge in [-0.05, 0) is 64.5 Å². The Labute approximate surface area is 220 Å². The van der Waals surface area contributed by atoms with Gasteiger partial charge in [0.2, 0.25) is 5.95 Å². The van der Waals surface area contributed by atoms with E-state index in [4.69, 9.17) is 4.98 Å². The number of hydrogen-bond donors (Lipinski definition) is 1. The number of aryl methyl sites for hydroxylation is 1. The van der Waals surface area contributed by atoms with Crippen LogP contribution in [0.4, 0.5) is 20.5 Å². The molecule has 10 heteroatoms. The molecule has 1 fully saturated rings. The standard InChI is InChI=1S/C28H32F2N8/c1-16(36(3)4)14-37-10-9-23-18(15-37)5-8-25(33-23)34-28-31-13-22(30)26(35-28)19-11-21(29)27-24(12-19)38(17(2)32-27)20-6-7-20/h5,8,11-13,16,20H,6-7,9-10,14-15H2,1-4H3,(H,31,33,34,35)/t16-/m0/s1. The molecule has 6 rings (SSSR count). The van der Waals surface area contributed by atoms with Gasteiger partial charge in [0.1, 0.15) is 22.9 Å². The molecule has 4 aromatic rings. The number of anilines is 2. The van der Waals surface area contributed by atoms with Gasteiger partial charge in [-0.3, -0.25) is 4.90 Å². The number of imidazole rings is 1. The van der Waals surface area contributed by atoms with Crippen LogP contribution in [-0.2, 0) is 13.0 Å². The molecule has 198 valence electrons. The van der Waals surface area contributed by atoms with Crippen LogP contribution in [0.1, 0.15) is 42.9 Å². The molecule has 1 aliphatic heterocycles. The molecular formula is C28H32F2N8. The summed E-state index contributed by atoms with van der Waals surface area (Å²) in [6, 6.07) is 7.83. The van der Waals surface area contributed by atoms with Crippen LogP contribution in [0, 0.1) is 18.6 Å². The molecule has 2 aliphatic rings. The van der Waals surface area contributed by atoms with Gasteiger partial charge >= 0.3 is 0 Å². The smallest absolute Gasteiger partial charge is 0.229 e. The lowest BCUT2D eigenvalue weighted by Crippen LogP contribution is -2.41. The fourth-order valence-corrected chi connectivity index (χ4v) is 5.18. The van der Waals surface area contributed by atoms with Crippen LogP contribution in [0.25, 0.3) is 22.3 Å². The number of nitrogens with zero attached hydrogens (tertiary/aromatic N) is 7. The van der Waals surface area contributed by atoms with Crippen LogP contribution < -0.4 is 5.32 Å². The van der Waals surface area contributed by atoms with Gasteiger partial charge < -0.3 is 14.8 Å². The van der Waals surface area contributed by atoms with E-state index in [9.17, 15) is 4.39 Å². The second kappa shape index (κ2) is 9.67. The monoisotopic (exact) mass is 518 g/mol. The summed E-state index contributed by atoms with van der Waals surface area (Å²) in [5.74, 6) is 0.462. The Hall–Kier alpha value is -3.50. The van der Waals surface area contributed by atoms with Crippen LogP contribution >= 0.6 is 0 Å². The van der Waals surface area contributed by atoms with E-state index < -0.39 is 11.6 Å². The molecule has 1 aromatic carbocycles. The van der Waals surface area contributed by atoms with Crippen LogP contribution in [0.15, 0.2) is 30.5 Å². The quantitative estimate of drug-likeness (QED) is 0.374. The first-order valence-electron chi connectivity index (χ1n) is 13.1. The van der Waals surface area contributed by atoms with Crippen molar-refractivity contribution >= 4 is 22.8 Å². The Morgan fingerprint density at radius 3 is 2.68 bits per heavy atom. The Bertz CT molecular complexity index is 1510. The minimum absolute atomic E-state index is 0.0353. The summed E-state index contributed by atoms with van der Waals surface area (Å²) in [6.45, 7) is 6.92. The van der Waals surface area contributed by atoms with Crippen LogP contribution in [0.3, 0.4) is 0 Å². The lowest BCUT2D eigenvalue weighted by atomic mass is 10.0. The van der Waals surface area contributed by atoms with Crippen molar-refractivity contribution in [2.24, 2.45) is 0 Å². The summed E-state index contributed by atoms with van der Waals surface area (Å²) < 4.78 is 31.9. The van der Waals surface area contributed by atoms with E-state index in [-0.39, 0.29) is 11.6 Å². The van der Waals surface area contributed by atoms with Crippen molar-refractivity contribution < 1.29 is 8.78 Å². The van der Waals surface area contributed by atoms with Gasteiger partial charge in [0.05, 0.1) is 11.7 Å². The van der Waals surface area contributed by atoms with Crippen molar-refractivity contribution in [1.82, 2.24) is 34.3 Å². The average molecular weight is 519 g/mol. The van der Waals surface area contributed by atoms with E-state index in [0.29, 0.717) is 34.5 Å². The number of rotatable bonds is 7. The molecular weight excluding hydrogens is 486 g/mol. The Morgan fingerprint density at radius 2 is 1.92 bits per heavy atom. The highest BCUT2D eigenvalue weighted by Crippen LogP contribution is 2.40. The van der Waals surface area contributed by atoms with Crippen LogP contribution in [-0.4, -0.2) is 67.5 Å². The maximum atomic E-state index is 15.0. The van der Waals surface area contributed by atoms with Crippen molar-refractivity contribution in [2.45, 2.75) is 51.7 Å². The zero-order valence-corrected chi connectivity index (χ0v) is 22.2. The number of pyridine rings is 1. The molecule has 0 saturated heterocycles. The minimum Gasteiger partial charge on any atom is -0.325 e. The van der Waals surface area contributed by atoms with Crippen LogP contribution in [0.5, 0.6) is 0 Å². The first kappa shape index (κ1) is 24.8. The minimum atomic E-state index is -0.617. The lowest BCUT2D eigenvalue weighted by Gasteiger charge is -2.32. The molecule has 0 bridgehead atoms. The summed E-state index contributed by atoms with van der Waals surface area (Å²) in [6.07, 6.45) is 4.04. The fraction of sp³-hybridized carbons (Fsp3) is 0.429. The van der Waals surface area contributed by atoms with Crippen molar-refractivity contribution in [3.8, 4) is 11.3 Å². The molecule has 3 aromatic heterocycles. The Kier molecular flexibility index (Phi) is 6.31. The summed E-state index contributed by atoms with van der Waals surface area (Å²) in [5.41, 5.74) is 3.61. The lowest BCUT2D eigenvalue weighted by molar-refractivity contribution is 0.180. The van der Waals surface area contributed by atoms with Crippen molar-refractivity contribution in [2.75, 3.05) is 32.5 Å². The van der Waals surface area contributed by atoms with Gasteiger partial charge in [-0.1, -0.05) is 6.07 Å². The topological polar surface area (TPSA) is 75.0 Å². The van der Waals surface area contributed by atoms with E-state index in [1.54, 1.807) is 6.07 Å². The van der Waals surface area contributed by atoms with E-state index in [2.05, 4.69) is 57.2 Å². The highest BCUT2D eigenvalue weighted by Gasteiger charge is 2.28. The van der Waals surface area contributed by atoms with Gasteiger partial charge in [0.15, 0.2) is 11.6 Å². The Balaban J connectivity index is 1.25. The van der Waals surface area contributed by atoms with Gasteiger partial charge in [-0.25, -0.2) is 28.7 Å². The van der Waals surface area contributed by atoms with Crippen molar-refractivity contribution in [1.29, 1.82) is 0 Å². The highest BCUT2D eigenvalue weighted by atomic mass is 19.1. The zero-order chi connectivity index (χ0) is 26.6. The summed E-state index contributed by atoms with van der Waals surface area (Å²) in [5, 5.41) is 3.11. The second-order valence-corrected chi connectivity index (χ2v) is 10.7. The average Bonchev–Trinajstić information content (AvgIpc) is 3.66. The maximum absolute atomic E-state index is 15.0. The zero-order valence-electron chi connectivity index (χ0n) is 22.2. The number of fused-ring (bicyclic) bond motifs is 2. The van der Waals surface area contributed by atoms with Gasteiger partial charge in [0.25, 0.3) is 0 Å². The van der Waals surface area contributed by atoms with Gasteiger partial charge in [-0.15, -0.1) is 0 Å². The molecule has 1 saturated carbocycles. The highest BCUT2D eigenvalue weighted by molar-refractivity contribution is 5.83. The molecule has 0 spiro atoms. The number of benzene rings is 1. The summed E-state index contributed by atoms with van der Waals surface area (Å²) in [7, 11) is 4.20. The number of halogens is 2. The second-order valence-electron chi connectivity index (χ2n) is 10.7. The van der Waals surface area contributed by atoms with Crippen molar-refractivity contribution in [3.63, 3.8) is 0 Å². The van der Waals surface area contributed by atoms with E-state index in [0.717, 1.165) is 56.6 Å². The van der Waals surface area contributed by atoms with E-state index in [1.165, 1.54) is 11.6 Å². The molecule has 0 unspecified atom stereocenters. The van der Waals surface area contributed by atoms with E-state index in [1.807, 2.05) is 17.6 Å². The molecule has 0 amide bonds. The molecule has 1 N–H and O–H groups in total. The normalized spacial score (nSPS) is 16.7. The fourth-order valence-electron chi connectivity index (χ4n) is 5.18. The van der Waals surface area contributed by atoms with Gasteiger partial charge in [0, 0.05) is 49.4 Å². The largest absolute Gasteiger partial charge is 0.325 e. The number of hydrogen-bond acceptors (Lipinski definition) is 7. The molecule has 0 radical (unpaired) electrons. The molecule has 1 aliphatic carbocycles. The number of aromatic nitrogens is 5. The number of nitrogens with one attached hydrogen (secondary N) is 1. The third kappa shape index (κ3) is 4.74. The molecule has 38 heavy (non-hydrogen) atoms. The molecule has 8 nitrogen and oxygen atoms in total. The first-order chi connectivity index (χ1) is 18.3. The SMILES string of the molecule is Cc1nc2c(F)cc(-c3nc(Nc4ccc5c(n4)CCN(C[C@H](C)N(C)C)C5)ncc3F)cc2n1C1CC1. The third-order valence-electron chi connectivity index (χ3n) is 7.63. The molecule has 1 atom stereocenters. The van der Waals surface area contributed by atoms with Gasteiger partial charge in [-0.2, -0.15) is 0 Å². The Morgan fingerprint density at radius 1 is 1.11 bits per heavy atom. The first-order valence-corrected chi connectivity index (χ1v) is 13.1. The predicted octanol–water partition coefficient (Wildman–Crippen LogP) is 4.86. The maximum Gasteiger partial charge on any atom is 0.229 e. The predicted molar refractivity (Wildman–Crippen MR) is 143 cm³/mol. The third-order valence-corrected chi connectivity index (χ3v) is 7.63. The van der Waals surface area contributed by atoms with Crippen molar-refractivity contribution in [3.05, 3.63) is 59.2 Å². The number of likely N-dealkylation sites (N-methyl/N-ethyl adjacent to an activating group) is 1. The van der Waals surface area contributed by atoms with E-state index >= 15 is 4.39 Å². The van der Waals surface area contributed by atoms with Crippen LogP contribution in [0.2, 0.25) is 0 Å². The summed E-state index contributed by atoms with van der Waals surface area (Å²) >= 11 is 0. The molecule has 4 heterocycles.